The summed E-state index contributed by atoms with van der Waals surface area (Å²) in [5, 5.41) is 6.37. The molecule has 0 aromatic heterocycles. The molecule has 1 aliphatic rings. The number of nitrogens with zero attached hydrogens (tertiary/aromatic N) is 1. The highest BCUT2D eigenvalue weighted by atomic mass is 16.1. The quantitative estimate of drug-likeness (QED) is 0.718. The van der Waals surface area contributed by atoms with Crippen molar-refractivity contribution in [3.05, 3.63) is 54.1 Å². The maximum absolute atomic E-state index is 12.3. The van der Waals surface area contributed by atoms with Crippen LogP contribution in [0.4, 0.5) is 17.1 Å². The lowest BCUT2D eigenvalue weighted by Crippen LogP contribution is -2.56. The summed E-state index contributed by atoms with van der Waals surface area (Å²) in [5.41, 5.74) is 9.05. The summed E-state index contributed by atoms with van der Waals surface area (Å²) in [4.78, 5) is 14.8. The van der Waals surface area contributed by atoms with Crippen molar-refractivity contribution in [3.63, 3.8) is 0 Å². The lowest BCUT2D eigenvalue weighted by molar-refractivity contribution is 0.102. The van der Waals surface area contributed by atoms with E-state index >= 15 is 0 Å². The van der Waals surface area contributed by atoms with E-state index in [0.717, 1.165) is 25.3 Å². The monoisotopic (exact) mass is 352 g/mol. The van der Waals surface area contributed by atoms with Crippen LogP contribution >= 0.6 is 0 Å². The van der Waals surface area contributed by atoms with Crippen LogP contribution in [0.5, 0.6) is 0 Å². The number of hydrogen-bond acceptors (Lipinski definition) is 4. The zero-order chi connectivity index (χ0) is 18.7. The number of nitrogens with two attached hydrogens (primary N) is 1. The lowest BCUT2D eigenvalue weighted by atomic mass is 9.93. The highest BCUT2D eigenvalue weighted by molar-refractivity contribution is 6.05. The molecule has 0 radical (unpaired) electrons. The molecule has 0 saturated carbocycles. The van der Waals surface area contributed by atoms with E-state index in [9.17, 15) is 4.79 Å². The van der Waals surface area contributed by atoms with E-state index in [1.165, 1.54) is 0 Å². The number of para-hydroxylation sites is 2. The number of anilines is 3. The fraction of sp³-hybridized carbons (Fsp3) is 0.381. The van der Waals surface area contributed by atoms with E-state index < -0.39 is 0 Å². The highest BCUT2D eigenvalue weighted by Crippen LogP contribution is 2.22. The maximum atomic E-state index is 12.3. The Labute approximate surface area is 155 Å². The predicted molar refractivity (Wildman–Crippen MR) is 109 cm³/mol. The number of rotatable bonds is 5. The molecule has 4 N–H and O–H groups in total. The van der Waals surface area contributed by atoms with Gasteiger partial charge in [-0.1, -0.05) is 32.9 Å². The van der Waals surface area contributed by atoms with Gasteiger partial charge in [0.1, 0.15) is 0 Å². The lowest BCUT2D eigenvalue weighted by Gasteiger charge is -2.43. The molecule has 1 fully saturated rings. The third-order valence-electron chi connectivity index (χ3n) is 4.38. The smallest absolute Gasteiger partial charge is 0.255 e. The summed E-state index contributed by atoms with van der Waals surface area (Å²) >= 11 is 0. The Kier molecular flexibility index (Phi) is 5.18. The van der Waals surface area contributed by atoms with Gasteiger partial charge in [-0.3, -0.25) is 9.69 Å². The second kappa shape index (κ2) is 7.38. The number of carbonyl (C=O) groups excluding carboxylic acids is 1. The average molecular weight is 352 g/mol. The molecule has 1 heterocycles. The van der Waals surface area contributed by atoms with Gasteiger partial charge in [0.2, 0.25) is 0 Å². The van der Waals surface area contributed by atoms with Gasteiger partial charge in [0.15, 0.2) is 0 Å². The van der Waals surface area contributed by atoms with Crippen LogP contribution in [0.1, 0.15) is 31.1 Å². The zero-order valence-electron chi connectivity index (χ0n) is 15.8. The third-order valence-corrected chi connectivity index (χ3v) is 4.38. The number of nitrogen functional groups attached to an aromatic ring is 1. The number of hydrogen-bond donors (Lipinski definition) is 3. The number of nitrogens with one attached hydrogen (secondary N) is 2. The van der Waals surface area contributed by atoms with Crippen LogP contribution in [-0.2, 0) is 0 Å². The van der Waals surface area contributed by atoms with Gasteiger partial charge in [-0.05, 0) is 41.8 Å². The van der Waals surface area contributed by atoms with Gasteiger partial charge in [-0.15, -0.1) is 0 Å². The minimum Gasteiger partial charge on any atom is -0.397 e. The summed E-state index contributed by atoms with van der Waals surface area (Å²) in [5.74, 6) is -0.158. The van der Waals surface area contributed by atoms with Gasteiger partial charge >= 0.3 is 0 Å². The summed E-state index contributed by atoms with van der Waals surface area (Å²) < 4.78 is 0. The summed E-state index contributed by atoms with van der Waals surface area (Å²) in [6, 6.07) is 15.3. The van der Waals surface area contributed by atoms with E-state index in [1.807, 2.05) is 36.4 Å². The average Bonchev–Trinajstić information content (AvgIpc) is 2.54. The Hall–Kier alpha value is -2.53. The van der Waals surface area contributed by atoms with Crippen molar-refractivity contribution in [2.24, 2.45) is 5.41 Å². The normalized spacial score (nSPS) is 15.3. The van der Waals surface area contributed by atoms with Crippen molar-refractivity contribution in [3.8, 4) is 0 Å². The summed E-state index contributed by atoms with van der Waals surface area (Å²) in [6.07, 6.45) is 0. The Bertz CT molecular complexity index is 758. The van der Waals surface area contributed by atoms with Gasteiger partial charge in [-0.2, -0.15) is 0 Å². The topological polar surface area (TPSA) is 70.4 Å². The van der Waals surface area contributed by atoms with Crippen LogP contribution in [0, 0.1) is 5.41 Å². The van der Waals surface area contributed by atoms with E-state index in [4.69, 9.17) is 5.73 Å². The molecule has 1 amide bonds. The van der Waals surface area contributed by atoms with Gasteiger partial charge < -0.3 is 16.4 Å². The number of carbonyl (C=O) groups is 1. The minimum absolute atomic E-state index is 0.158. The molecule has 0 unspecified atom stereocenters. The maximum Gasteiger partial charge on any atom is 0.255 e. The molecule has 5 nitrogen and oxygen atoms in total. The first-order chi connectivity index (χ1) is 12.3. The van der Waals surface area contributed by atoms with Crippen LogP contribution in [0.2, 0.25) is 0 Å². The Morgan fingerprint density at radius 1 is 1.12 bits per heavy atom. The molecule has 26 heavy (non-hydrogen) atoms. The molecular weight excluding hydrogens is 324 g/mol. The Balaban J connectivity index is 1.51. The van der Waals surface area contributed by atoms with Gasteiger partial charge in [-0.25, -0.2) is 0 Å². The molecule has 0 spiro atoms. The molecular formula is C21H28N4O. The summed E-state index contributed by atoms with van der Waals surface area (Å²) in [6.45, 7) is 10.0. The van der Waals surface area contributed by atoms with Gasteiger partial charge in [0.05, 0.1) is 17.4 Å². The van der Waals surface area contributed by atoms with E-state index in [-0.39, 0.29) is 5.91 Å². The van der Waals surface area contributed by atoms with Crippen LogP contribution in [-0.4, -0.2) is 36.5 Å². The Morgan fingerprint density at radius 2 is 1.77 bits per heavy atom. The second-order valence-corrected chi connectivity index (χ2v) is 8.21. The molecule has 2 aromatic rings. The van der Waals surface area contributed by atoms with Crippen LogP contribution in [0.15, 0.2) is 48.5 Å². The summed E-state index contributed by atoms with van der Waals surface area (Å²) in [7, 11) is 0. The minimum atomic E-state index is -0.158. The molecule has 1 saturated heterocycles. The van der Waals surface area contributed by atoms with E-state index in [0.29, 0.717) is 28.4 Å². The van der Waals surface area contributed by atoms with Crippen molar-refractivity contribution in [2.45, 2.75) is 26.8 Å². The van der Waals surface area contributed by atoms with Crippen molar-refractivity contribution >= 4 is 23.0 Å². The van der Waals surface area contributed by atoms with Crippen molar-refractivity contribution in [1.29, 1.82) is 0 Å². The Morgan fingerprint density at radius 3 is 2.38 bits per heavy atom. The molecule has 138 valence electrons. The fourth-order valence-corrected chi connectivity index (χ4v) is 3.22. The zero-order valence-corrected chi connectivity index (χ0v) is 15.8. The SMILES string of the molecule is CC(C)(C)CN1CC(Nc2ccc(C(=O)Nc3ccccc3N)cc2)C1. The number of amides is 1. The van der Waals surface area contributed by atoms with Crippen molar-refractivity contribution < 1.29 is 4.79 Å². The van der Waals surface area contributed by atoms with Crippen LogP contribution in [0.3, 0.4) is 0 Å². The predicted octanol–water partition coefficient (Wildman–Crippen LogP) is 3.66. The third kappa shape index (κ3) is 4.76. The van der Waals surface area contributed by atoms with Crippen molar-refractivity contribution in [2.75, 3.05) is 36.0 Å². The molecule has 0 atom stereocenters. The van der Waals surface area contributed by atoms with Crippen LogP contribution < -0.4 is 16.4 Å². The van der Waals surface area contributed by atoms with Gasteiger partial charge in [0, 0.05) is 30.9 Å². The first-order valence-electron chi connectivity index (χ1n) is 9.05. The number of benzene rings is 2. The largest absolute Gasteiger partial charge is 0.397 e. The van der Waals surface area contributed by atoms with Gasteiger partial charge in [0.25, 0.3) is 5.91 Å². The molecule has 5 heteroatoms. The van der Waals surface area contributed by atoms with Crippen molar-refractivity contribution in [1.82, 2.24) is 4.90 Å². The molecule has 1 aliphatic heterocycles. The second-order valence-electron chi connectivity index (χ2n) is 8.21. The number of likely N-dealkylation sites (tertiary alicyclic amines) is 1. The van der Waals surface area contributed by atoms with E-state index in [2.05, 4.69) is 36.3 Å². The molecule has 0 bridgehead atoms. The first-order valence-corrected chi connectivity index (χ1v) is 9.05. The molecule has 2 aromatic carbocycles. The highest BCUT2D eigenvalue weighted by Gasteiger charge is 2.29. The molecule has 3 rings (SSSR count). The standard InChI is InChI=1S/C21H28N4O/c1-21(2,3)14-25-12-17(13-25)23-16-10-8-15(9-11-16)20(26)24-19-7-5-4-6-18(19)22/h4-11,17,23H,12-14,22H2,1-3H3,(H,24,26). The fourth-order valence-electron chi connectivity index (χ4n) is 3.22. The van der Waals surface area contributed by atoms with E-state index in [1.54, 1.807) is 12.1 Å². The van der Waals surface area contributed by atoms with Crippen LogP contribution in [0.25, 0.3) is 0 Å². The molecule has 0 aliphatic carbocycles. The first kappa shape index (κ1) is 18.3.